The third-order valence-corrected chi connectivity index (χ3v) is 7.14. The molecule has 1 aliphatic carbocycles. The molecule has 0 radical (unpaired) electrons. The van der Waals surface area contributed by atoms with Crippen molar-refractivity contribution in [1.29, 1.82) is 0 Å². The minimum absolute atomic E-state index is 0.177. The van der Waals surface area contributed by atoms with E-state index in [9.17, 15) is 9.59 Å². The summed E-state index contributed by atoms with van der Waals surface area (Å²) in [6.45, 7) is 8.15. The topological polar surface area (TPSA) is 55.9 Å². The monoisotopic (exact) mass is 376 g/mol. The van der Waals surface area contributed by atoms with Crippen LogP contribution in [0.25, 0.3) is 0 Å². The van der Waals surface area contributed by atoms with Crippen molar-refractivity contribution in [3.8, 4) is 0 Å². The fourth-order valence-corrected chi connectivity index (χ4v) is 5.71. The molecule has 3 saturated heterocycles. The van der Waals surface area contributed by atoms with Crippen LogP contribution in [0.15, 0.2) is 0 Å². The molecule has 6 heteroatoms. The molecule has 4 aliphatic rings. The van der Waals surface area contributed by atoms with Crippen molar-refractivity contribution < 1.29 is 9.59 Å². The standard InChI is InChI=1S/C21H36N4O2/c1-15(2)13-20(26)24-12-9-17(14-24)23-10-7-16(8-11-23)25-19-6-4-3-5-18(19)22-21(25)27/h15-19H,3-14H2,1-2H3,(H,22,27). The molecule has 4 fully saturated rings. The molecule has 3 atom stereocenters. The number of carbonyl (C=O) groups is 2. The van der Waals surface area contributed by atoms with Crippen molar-refractivity contribution in [3.63, 3.8) is 0 Å². The number of amides is 3. The van der Waals surface area contributed by atoms with Gasteiger partial charge in [0.25, 0.3) is 0 Å². The zero-order chi connectivity index (χ0) is 19.0. The number of piperidine rings is 1. The van der Waals surface area contributed by atoms with Gasteiger partial charge in [-0.05, 0) is 38.0 Å². The zero-order valence-corrected chi connectivity index (χ0v) is 17.0. The summed E-state index contributed by atoms with van der Waals surface area (Å²) in [5.74, 6) is 0.752. The van der Waals surface area contributed by atoms with Crippen molar-refractivity contribution in [2.45, 2.75) is 89.4 Å². The molecule has 0 spiro atoms. The Kier molecular flexibility index (Phi) is 5.62. The van der Waals surface area contributed by atoms with Crippen molar-refractivity contribution in [1.82, 2.24) is 20.0 Å². The summed E-state index contributed by atoms with van der Waals surface area (Å²) in [6.07, 6.45) is 8.74. The summed E-state index contributed by atoms with van der Waals surface area (Å²) in [4.78, 5) is 31.7. The van der Waals surface area contributed by atoms with Gasteiger partial charge in [-0.25, -0.2) is 4.79 Å². The molecule has 152 valence electrons. The van der Waals surface area contributed by atoms with Crippen LogP contribution in [-0.4, -0.2) is 77.0 Å². The highest BCUT2D eigenvalue weighted by Crippen LogP contribution is 2.33. The predicted molar refractivity (Wildman–Crippen MR) is 105 cm³/mol. The highest BCUT2D eigenvalue weighted by Gasteiger charge is 2.44. The van der Waals surface area contributed by atoms with Gasteiger partial charge in [0, 0.05) is 44.7 Å². The van der Waals surface area contributed by atoms with Gasteiger partial charge in [0.15, 0.2) is 0 Å². The maximum absolute atomic E-state index is 12.5. The number of nitrogens with one attached hydrogen (secondary N) is 1. The number of likely N-dealkylation sites (tertiary alicyclic amines) is 2. The van der Waals surface area contributed by atoms with Crippen LogP contribution in [-0.2, 0) is 4.79 Å². The fourth-order valence-electron chi connectivity index (χ4n) is 5.71. The van der Waals surface area contributed by atoms with Crippen LogP contribution in [0.3, 0.4) is 0 Å². The van der Waals surface area contributed by atoms with Crippen LogP contribution < -0.4 is 5.32 Å². The molecule has 1 saturated carbocycles. The maximum Gasteiger partial charge on any atom is 0.318 e. The van der Waals surface area contributed by atoms with Crippen LogP contribution in [0.2, 0.25) is 0 Å². The summed E-state index contributed by atoms with van der Waals surface area (Å²) in [7, 11) is 0. The van der Waals surface area contributed by atoms with Crippen LogP contribution in [0.1, 0.15) is 65.2 Å². The van der Waals surface area contributed by atoms with E-state index in [1.165, 1.54) is 19.3 Å². The quantitative estimate of drug-likeness (QED) is 0.820. The lowest BCUT2D eigenvalue weighted by atomic mass is 9.89. The smallest absolute Gasteiger partial charge is 0.318 e. The van der Waals surface area contributed by atoms with Crippen LogP contribution in [0.4, 0.5) is 4.79 Å². The number of fused-ring (bicyclic) bond motifs is 1. The molecular formula is C21H36N4O2. The number of carbonyl (C=O) groups excluding carboxylic acids is 2. The SMILES string of the molecule is CC(C)CC(=O)N1CCC(N2CCC(N3C(=O)NC4CCCCC43)CC2)C1. The van der Waals surface area contributed by atoms with Crippen molar-refractivity contribution >= 4 is 11.9 Å². The second kappa shape index (κ2) is 7.98. The largest absolute Gasteiger partial charge is 0.341 e. The first kappa shape index (κ1) is 19.0. The summed E-state index contributed by atoms with van der Waals surface area (Å²) >= 11 is 0. The van der Waals surface area contributed by atoms with E-state index in [0.717, 1.165) is 51.9 Å². The van der Waals surface area contributed by atoms with Gasteiger partial charge in [0.05, 0.1) is 12.1 Å². The summed E-state index contributed by atoms with van der Waals surface area (Å²) < 4.78 is 0. The Morgan fingerprint density at radius 2 is 1.74 bits per heavy atom. The van der Waals surface area contributed by atoms with Crippen molar-refractivity contribution in [3.05, 3.63) is 0 Å². The van der Waals surface area contributed by atoms with Gasteiger partial charge >= 0.3 is 6.03 Å². The zero-order valence-electron chi connectivity index (χ0n) is 17.0. The Labute approximate surface area is 163 Å². The van der Waals surface area contributed by atoms with Gasteiger partial charge in [-0.2, -0.15) is 0 Å². The van der Waals surface area contributed by atoms with E-state index in [1.54, 1.807) is 0 Å². The minimum atomic E-state index is 0.177. The molecule has 3 aliphatic heterocycles. The lowest BCUT2D eigenvalue weighted by Gasteiger charge is -2.42. The molecule has 3 amide bonds. The van der Waals surface area contributed by atoms with Gasteiger partial charge in [0.2, 0.25) is 5.91 Å². The molecule has 1 N–H and O–H groups in total. The second-order valence-corrected chi connectivity index (χ2v) is 9.46. The predicted octanol–water partition coefficient (Wildman–Crippen LogP) is 2.43. The highest BCUT2D eigenvalue weighted by molar-refractivity contribution is 5.78. The summed E-state index contributed by atoms with van der Waals surface area (Å²) in [5.41, 5.74) is 0. The average molecular weight is 377 g/mol. The molecule has 0 bridgehead atoms. The fraction of sp³-hybridized carbons (Fsp3) is 0.905. The van der Waals surface area contributed by atoms with Gasteiger partial charge in [-0.3, -0.25) is 9.69 Å². The number of rotatable bonds is 4. The first-order valence-electron chi connectivity index (χ1n) is 11.1. The maximum atomic E-state index is 12.5. The van der Waals surface area contributed by atoms with Crippen LogP contribution >= 0.6 is 0 Å². The number of hydrogen-bond donors (Lipinski definition) is 1. The van der Waals surface area contributed by atoms with E-state index in [0.29, 0.717) is 42.4 Å². The van der Waals surface area contributed by atoms with E-state index in [-0.39, 0.29) is 6.03 Å². The van der Waals surface area contributed by atoms with Gasteiger partial charge in [-0.15, -0.1) is 0 Å². The Morgan fingerprint density at radius 3 is 2.48 bits per heavy atom. The van der Waals surface area contributed by atoms with Crippen molar-refractivity contribution in [2.75, 3.05) is 26.2 Å². The van der Waals surface area contributed by atoms with Crippen molar-refractivity contribution in [2.24, 2.45) is 5.92 Å². The normalized spacial score (nSPS) is 32.9. The third kappa shape index (κ3) is 3.96. The molecular weight excluding hydrogens is 340 g/mol. The number of urea groups is 1. The molecule has 0 aromatic heterocycles. The lowest BCUT2D eigenvalue weighted by Crippen LogP contribution is -2.52. The van der Waals surface area contributed by atoms with Gasteiger partial charge in [-0.1, -0.05) is 26.7 Å². The minimum Gasteiger partial charge on any atom is -0.341 e. The Morgan fingerprint density at radius 1 is 1.04 bits per heavy atom. The molecule has 27 heavy (non-hydrogen) atoms. The van der Waals surface area contributed by atoms with E-state index in [2.05, 4.69) is 33.9 Å². The van der Waals surface area contributed by atoms with Crippen LogP contribution in [0.5, 0.6) is 0 Å². The van der Waals surface area contributed by atoms with E-state index in [4.69, 9.17) is 0 Å². The summed E-state index contributed by atoms with van der Waals surface area (Å²) in [5, 5.41) is 3.23. The second-order valence-electron chi connectivity index (χ2n) is 9.46. The van der Waals surface area contributed by atoms with E-state index in [1.807, 2.05) is 0 Å². The summed E-state index contributed by atoms with van der Waals surface area (Å²) in [6, 6.07) is 1.90. The molecule has 0 aromatic rings. The first-order valence-corrected chi connectivity index (χ1v) is 11.1. The molecule has 4 rings (SSSR count). The molecule has 3 heterocycles. The molecule has 3 unspecified atom stereocenters. The number of nitrogens with zero attached hydrogens (tertiary/aromatic N) is 3. The molecule has 6 nitrogen and oxygen atoms in total. The highest BCUT2D eigenvalue weighted by atomic mass is 16.2. The van der Waals surface area contributed by atoms with E-state index < -0.39 is 0 Å². The Balaban J connectivity index is 1.28. The first-order chi connectivity index (χ1) is 13.0. The van der Waals surface area contributed by atoms with Gasteiger partial charge in [0.1, 0.15) is 0 Å². The average Bonchev–Trinajstić information content (AvgIpc) is 3.25. The number of hydrogen-bond acceptors (Lipinski definition) is 3. The van der Waals surface area contributed by atoms with E-state index >= 15 is 0 Å². The Hall–Kier alpha value is -1.30. The molecule has 0 aromatic carbocycles. The lowest BCUT2D eigenvalue weighted by molar-refractivity contribution is -0.131. The Bertz CT molecular complexity index is 558. The third-order valence-electron chi connectivity index (χ3n) is 7.14. The van der Waals surface area contributed by atoms with Crippen LogP contribution in [0, 0.1) is 5.92 Å². The van der Waals surface area contributed by atoms with Gasteiger partial charge < -0.3 is 15.1 Å².